The number of hydrogen-bond donors (Lipinski definition) is 2. The SMILES string of the molecule is CCOC(=O)N(C)c1ccc(NC(=O)CNC(=O)c2ccccc2F)cc1. The Kier molecular flexibility index (Phi) is 6.87. The Labute approximate surface area is 156 Å². The van der Waals surface area contributed by atoms with Crippen LogP contribution in [-0.4, -0.2) is 38.1 Å². The van der Waals surface area contributed by atoms with E-state index in [-0.39, 0.29) is 18.7 Å². The quantitative estimate of drug-likeness (QED) is 0.815. The molecule has 0 aliphatic heterocycles. The number of rotatable bonds is 6. The molecule has 0 spiro atoms. The van der Waals surface area contributed by atoms with Gasteiger partial charge in [-0.15, -0.1) is 0 Å². The standard InChI is InChI=1S/C19H20FN3O4/c1-3-27-19(26)23(2)14-10-8-13(9-11-14)22-17(24)12-21-18(25)15-6-4-5-7-16(15)20/h4-11H,3,12H2,1-2H3,(H,21,25)(H,22,24). The van der Waals surface area contributed by atoms with Crippen LogP contribution in [0, 0.1) is 5.82 Å². The lowest BCUT2D eigenvalue weighted by Crippen LogP contribution is -2.33. The third kappa shape index (κ3) is 5.53. The number of nitrogens with zero attached hydrogens (tertiary/aromatic N) is 1. The van der Waals surface area contributed by atoms with Crippen molar-refractivity contribution in [2.45, 2.75) is 6.92 Å². The van der Waals surface area contributed by atoms with Crippen molar-refractivity contribution in [3.8, 4) is 0 Å². The molecule has 0 aromatic heterocycles. The van der Waals surface area contributed by atoms with Gasteiger partial charge >= 0.3 is 6.09 Å². The molecule has 27 heavy (non-hydrogen) atoms. The minimum absolute atomic E-state index is 0.128. The van der Waals surface area contributed by atoms with E-state index in [1.54, 1.807) is 38.2 Å². The highest BCUT2D eigenvalue weighted by Crippen LogP contribution is 2.17. The van der Waals surface area contributed by atoms with E-state index in [0.29, 0.717) is 11.4 Å². The van der Waals surface area contributed by atoms with Gasteiger partial charge in [-0.1, -0.05) is 12.1 Å². The van der Waals surface area contributed by atoms with E-state index in [2.05, 4.69) is 10.6 Å². The number of carbonyl (C=O) groups excluding carboxylic acids is 3. The van der Waals surface area contributed by atoms with Crippen molar-refractivity contribution in [1.29, 1.82) is 0 Å². The number of benzene rings is 2. The van der Waals surface area contributed by atoms with Gasteiger partial charge in [-0.05, 0) is 43.3 Å². The number of amides is 3. The molecule has 2 rings (SSSR count). The molecule has 0 bridgehead atoms. The minimum atomic E-state index is -0.672. The van der Waals surface area contributed by atoms with Gasteiger partial charge < -0.3 is 15.4 Å². The Balaban J connectivity index is 1.88. The van der Waals surface area contributed by atoms with Gasteiger partial charge in [0.1, 0.15) is 5.82 Å². The molecule has 3 amide bonds. The van der Waals surface area contributed by atoms with Crippen molar-refractivity contribution in [2.24, 2.45) is 0 Å². The molecule has 7 nitrogen and oxygen atoms in total. The van der Waals surface area contributed by atoms with Crippen LogP contribution in [0.15, 0.2) is 48.5 Å². The number of anilines is 2. The van der Waals surface area contributed by atoms with Crippen LogP contribution >= 0.6 is 0 Å². The van der Waals surface area contributed by atoms with E-state index in [1.165, 1.54) is 29.2 Å². The number of halogens is 1. The van der Waals surface area contributed by atoms with Crippen LogP contribution in [0.25, 0.3) is 0 Å². The van der Waals surface area contributed by atoms with Crippen molar-refractivity contribution >= 4 is 29.3 Å². The topological polar surface area (TPSA) is 87.7 Å². The Morgan fingerprint density at radius 2 is 1.74 bits per heavy atom. The van der Waals surface area contributed by atoms with Gasteiger partial charge in [-0.2, -0.15) is 0 Å². The second kappa shape index (κ2) is 9.33. The molecule has 0 aliphatic carbocycles. The smallest absolute Gasteiger partial charge is 0.413 e. The minimum Gasteiger partial charge on any atom is -0.449 e. The average molecular weight is 373 g/mol. The summed E-state index contributed by atoms with van der Waals surface area (Å²) in [6, 6.07) is 12.0. The van der Waals surface area contributed by atoms with Crippen LogP contribution in [0.3, 0.4) is 0 Å². The van der Waals surface area contributed by atoms with Crippen molar-refractivity contribution in [3.63, 3.8) is 0 Å². The fourth-order valence-corrected chi connectivity index (χ4v) is 2.20. The number of carbonyl (C=O) groups is 3. The maximum Gasteiger partial charge on any atom is 0.413 e. The Hall–Kier alpha value is -3.42. The third-order valence-corrected chi connectivity index (χ3v) is 3.61. The van der Waals surface area contributed by atoms with E-state index >= 15 is 0 Å². The Bertz CT molecular complexity index is 824. The first-order chi connectivity index (χ1) is 12.9. The second-order valence-electron chi connectivity index (χ2n) is 5.52. The fraction of sp³-hybridized carbons (Fsp3) is 0.211. The second-order valence-corrected chi connectivity index (χ2v) is 5.52. The van der Waals surface area contributed by atoms with E-state index in [1.807, 2.05) is 0 Å². The Morgan fingerprint density at radius 3 is 2.37 bits per heavy atom. The first-order valence-corrected chi connectivity index (χ1v) is 8.25. The molecule has 8 heteroatoms. The molecule has 0 saturated heterocycles. The summed E-state index contributed by atoms with van der Waals surface area (Å²) >= 11 is 0. The summed E-state index contributed by atoms with van der Waals surface area (Å²) in [5, 5.41) is 4.96. The predicted molar refractivity (Wildman–Crippen MR) is 99.2 cm³/mol. The molecule has 0 atom stereocenters. The maximum absolute atomic E-state index is 13.5. The summed E-state index contributed by atoms with van der Waals surface area (Å²) < 4.78 is 18.4. The molecular weight excluding hydrogens is 353 g/mol. The van der Waals surface area contributed by atoms with Crippen molar-refractivity contribution < 1.29 is 23.5 Å². The van der Waals surface area contributed by atoms with E-state index in [0.717, 1.165) is 0 Å². The molecule has 0 saturated carbocycles. The molecule has 2 aromatic carbocycles. The van der Waals surface area contributed by atoms with E-state index in [9.17, 15) is 18.8 Å². The van der Waals surface area contributed by atoms with Gasteiger partial charge in [0.25, 0.3) is 5.91 Å². The van der Waals surface area contributed by atoms with Gasteiger partial charge in [0.2, 0.25) is 5.91 Å². The first-order valence-electron chi connectivity index (χ1n) is 8.25. The van der Waals surface area contributed by atoms with Crippen molar-refractivity contribution in [3.05, 3.63) is 59.9 Å². The molecule has 0 fully saturated rings. The molecule has 2 aromatic rings. The summed E-state index contributed by atoms with van der Waals surface area (Å²) in [5.41, 5.74) is 0.956. The number of ether oxygens (including phenoxy) is 1. The molecule has 0 aliphatic rings. The van der Waals surface area contributed by atoms with Crippen LogP contribution in [0.1, 0.15) is 17.3 Å². The van der Waals surface area contributed by atoms with Gasteiger partial charge in [-0.25, -0.2) is 9.18 Å². The van der Waals surface area contributed by atoms with Crippen LogP contribution in [0.4, 0.5) is 20.6 Å². The predicted octanol–water partition coefficient (Wildman–Crippen LogP) is 2.79. The van der Waals surface area contributed by atoms with Crippen molar-refractivity contribution in [2.75, 3.05) is 30.4 Å². The summed E-state index contributed by atoms with van der Waals surface area (Å²) in [7, 11) is 1.57. The lowest BCUT2D eigenvalue weighted by molar-refractivity contribution is -0.115. The van der Waals surface area contributed by atoms with Gasteiger partial charge in [0, 0.05) is 18.4 Å². The zero-order valence-corrected chi connectivity index (χ0v) is 15.0. The van der Waals surface area contributed by atoms with Crippen LogP contribution < -0.4 is 15.5 Å². The van der Waals surface area contributed by atoms with Gasteiger partial charge in [0.15, 0.2) is 0 Å². The molecule has 142 valence electrons. The first kappa shape index (κ1) is 19.9. The molecule has 2 N–H and O–H groups in total. The monoisotopic (exact) mass is 373 g/mol. The van der Waals surface area contributed by atoms with E-state index in [4.69, 9.17) is 4.74 Å². The molecule has 0 radical (unpaired) electrons. The summed E-state index contributed by atoms with van der Waals surface area (Å²) in [6.07, 6.45) is -0.481. The fourth-order valence-electron chi connectivity index (χ4n) is 2.20. The summed E-state index contributed by atoms with van der Waals surface area (Å²) in [4.78, 5) is 36.8. The normalized spacial score (nSPS) is 10.0. The average Bonchev–Trinajstić information content (AvgIpc) is 2.66. The lowest BCUT2D eigenvalue weighted by atomic mass is 10.2. The van der Waals surface area contributed by atoms with Crippen LogP contribution in [0.2, 0.25) is 0 Å². The van der Waals surface area contributed by atoms with E-state index < -0.39 is 23.7 Å². The lowest BCUT2D eigenvalue weighted by Gasteiger charge is -2.17. The van der Waals surface area contributed by atoms with Gasteiger partial charge in [-0.3, -0.25) is 14.5 Å². The summed E-state index contributed by atoms with van der Waals surface area (Å²) in [5.74, 6) is -1.79. The molecular formula is C19H20FN3O4. The highest BCUT2D eigenvalue weighted by molar-refractivity contribution is 5.99. The number of hydrogen-bond acceptors (Lipinski definition) is 4. The van der Waals surface area contributed by atoms with Crippen molar-refractivity contribution in [1.82, 2.24) is 5.32 Å². The van der Waals surface area contributed by atoms with Crippen LogP contribution in [0.5, 0.6) is 0 Å². The number of nitrogens with one attached hydrogen (secondary N) is 2. The molecule has 0 unspecified atom stereocenters. The third-order valence-electron chi connectivity index (χ3n) is 3.61. The zero-order valence-electron chi connectivity index (χ0n) is 15.0. The Morgan fingerprint density at radius 1 is 1.07 bits per heavy atom. The van der Waals surface area contributed by atoms with Crippen LogP contribution in [-0.2, 0) is 9.53 Å². The molecule has 0 heterocycles. The highest BCUT2D eigenvalue weighted by atomic mass is 19.1. The highest BCUT2D eigenvalue weighted by Gasteiger charge is 2.13. The summed E-state index contributed by atoms with van der Waals surface area (Å²) in [6.45, 7) is 1.68. The van der Waals surface area contributed by atoms with Gasteiger partial charge in [0.05, 0.1) is 18.7 Å². The zero-order chi connectivity index (χ0) is 19.8. The largest absolute Gasteiger partial charge is 0.449 e. The maximum atomic E-state index is 13.5.